The molecule has 0 radical (unpaired) electrons. The Hall–Kier alpha value is -1.88. The molecular weight excluding hydrogens is 293 g/mol. The third-order valence-corrected chi connectivity index (χ3v) is 3.38. The van der Waals surface area contributed by atoms with Crippen LogP contribution >= 0.6 is 11.6 Å². The molecule has 2 aromatic rings. The summed E-state index contributed by atoms with van der Waals surface area (Å²) in [7, 11) is 0. The largest absolute Gasteiger partial charge is 0.321 e. The molecule has 0 aliphatic carbocycles. The molecule has 0 aliphatic rings. The molecule has 1 aromatic heterocycles. The van der Waals surface area contributed by atoms with E-state index in [1.165, 1.54) is 18.3 Å². The lowest BCUT2D eigenvalue weighted by atomic mass is 10.1. The number of carbonyl (C=O) groups excluding carboxylic acids is 1. The van der Waals surface area contributed by atoms with Gasteiger partial charge in [-0.3, -0.25) is 9.48 Å². The highest BCUT2D eigenvalue weighted by atomic mass is 35.5. The van der Waals surface area contributed by atoms with Crippen molar-refractivity contribution >= 4 is 23.2 Å². The minimum Gasteiger partial charge on any atom is -0.321 e. The minimum atomic E-state index is -0.449. The molecule has 2 rings (SSSR count). The Labute approximate surface area is 127 Å². The van der Waals surface area contributed by atoms with Crippen LogP contribution in [0.4, 0.5) is 10.1 Å². The van der Waals surface area contributed by atoms with Crippen LogP contribution in [0.2, 0.25) is 5.02 Å². The van der Waals surface area contributed by atoms with Crippen molar-refractivity contribution in [2.24, 2.45) is 0 Å². The maximum Gasteiger partial charge on any atom is 0.259 e. The minimum absolute atomic E-state index is 0.157. The average Bonchev–Trinajstić information content (AvgIpc) is 2.74. The second kappa shape index (κ2) is 5.48. The lowest BCUT2D eigenvalue weighted by Crippen LogP contribution is -2.25. The zero-order chi connectivity index (χ0) is 15.8. The first-order chi connectivity index (χ1) is 9.70. The lowest BCUT2D eigenvalue weighted by Gasteiger charge is -2.21. The number of nitrogens with one attached hydrogen (secondary N) is 1. The molecule has 1 N–H and O–H groups in total. The molecule has 0 saturated carbocycles. The number of nitrogens with zero attached hydrogens (tertiary/aromatic N) is 2. The van der Waals surface area contributed by atoms with Crippen LogP contribution in [0.25, 0.3) is 0 Å². The van der Waals surface area contributed by atoms with E-state index in [9.17, 15) is 9.18 Å². The van der Waals surface area contributed by atoms with Gasteiger partial charge in [0, 0.05) is 5.69 Å². The van der Waals surface area contributed by atoms with Gasteiger partial charge in [-0.1, -0.05) is 11.6 Å². The van der Waals surface area contributed by atoms with Gasteiger partial charge < -0.3 is 5.32 Å². The topological polar surface area (TPSA) is 46.9 Å². The summed E-state index contributed by atoms with van der Waals surface area (Å²) in [6, 6.07) is 3.83. The summed E-state index contributed by atoms with van der Waals surface area (Å²) in [6.45, 7) is 7.85. The SMILES string of the molecule is Cc1c(C(=O)Nc2ccc(F)cc2Cl)cnn1C(C)(C)C. The third-order valence-electron chi connectivity index (χ3n) is 3.07. The number of anilines is 1. The molecule has 1 heterocycles. The fourth-order valence-electron chi connectivity index (χ4n) is 2.09. The highest BCUT2D eigenvalue weighted by Gasteiger charge is 2.21. The molecule has 112 valence electrons. The zero-order valence-corrected chi connectivity index (χ0v) is 13.1. The van der Waals surface area contributed by atoms with Crippen LogP contribution < -0.4 is 5.32 Å². The van der Waals surface area contributed by atoms with Gasteiger partial charge in [-0.05, 0) is 45.9 Å². The van der Waals surface area contributed by atoms with Crippen LogP contribution in [-0.4, -0.2) is 15.7 Å². The van der Waals surface area contributed by atoms with Crippen molar-refractivity contribution in [3.8, 4) is 0 Å². The van der Waals surface area contributed by atoms with Crippen molar-refractivity contribution < 1.29 is 9.18 Å². The molecule has 0 fully saturated rings. The molecule has 0 unspecified atom stereocenters. The Morgan fingerprint density at radius 3 is 2.57 bits per heavy atom. The van der Waals surface area contributed by atoms with E-state index < -0.39 is 5.82 Å². The van der Waals surface area contributed by atoms with E-state index in [-0.39, 0.29) is 16.5 Å². The van der Waals surface area contributed by atoms with Gasteiger partial charge in [0.05, 0.1) is 28.0 Å². The van der Waals surface area contributed by atoms with Crippen molar-refractivity contribution in [1.82, 2.24) is 9.78 Å². The molecular formula is C15H17ClFN3O. The predicted octanol–water partition coefficient (Wildman–Crippen LogP) is 3.99. The van der Waals surface area contributed by atoms with E-state index in [1.54, 1.807) is 4.68 Å². The number of carbonyl (C=O) groups is 1. The zero-order valence-electron chi connectivity index (χ0n) is 12.4. The number of rotatable bonds is 2. The van der Waals surface area contributed by atoms with Crippen LogP contribution in [0.5, 0.6) is 0 Å². The van der Waals surface area contributed by atoms with Gasteiger partial charge in [-0.2, -0.15) is 5.10 Å². The van der Waals surface area contributed by atoms with E-state index in [0.29, 0.717) is 11.3 Å². The summed E-state index contributed by atoms with van der Waals surface area (Å²) >= 11 is 5.90. The van der Waals surface area contributed by atoms with Crippen molar-refractivity contribution in [3.63, 3.8) is 0 Å². The normalized spacial score (nSPS) is 11.5. The van der Waals surface area contributed by atoms with E-state index in [0.717, 1.165) is 11.8 Å². The van der Waals surface area contributed by atoms with Gasteiger partial charge in [0.1, 0.15) is 5.82 Å². The molecule has 0 aliphatic heterocycles. The fraction of sp³-hybridized carbons (Fsp3) is 0.333. The Kier molecular flexibility index (Phi) is 4.05. The van der Waals surface area contributed by atoms with Gasteiger partial charge >= 0.3 is 0 Å². The quantitative estimate of drug-likeness (QED) is 0.911. The monoisotopic (exact) mass is 309 g/mol. The van der Waals surface area contributed by atoms with E-state index >= 15 is 0 Å². The van der Waals surface area contributed by atoms with Crippen LogP contribution in [0, 0.1) is 12.7 Å². The van der Waals surface area contributed by atoms with E-state index in [2.05, 4.69) is 10.4 Å². The highest BCUT2D eigenvalue weighted by molar-refractivity contribution is 6.33. The highest BCUT2D eigenvalue weighted by Crippen LogP contribution is 2.24. The number of amides is 1. The first kappa shape index (κ1) is 15.5. The first-order valence-electron chi connectivity index (χ1n) is 6.51. The van der Waals surface area contributed by atoms with Gasteiger partial charge in [0.2, 0.25) is 0 Å². The van der Waals surface area contributed by atoms with Crippen LogP contribution in [-0.2, 0) is 5.54 Å². The summed E-state index contributed by atoms with van der Waals surface area (Å²) in [5.41, 5.74) is 1.38. The van der Waals surface area contributed by atoms with Crippen molar-refractivity contribution in [1.29, 1.82) is 0 Å². The van der Waals surface area contributed by atoms with Crippen molar-refractivity contribution in [2.45, 2.75) is 33.2 Å². The van der Waals surface area contributed by atoms with Crippen LogP contribution in [0.3, 0.4) is 0 Å². The fourth-order valence-corrected chi connectivity index (χ4v) is 2.30. The standard InChI is InChI=1S/C15H17ClFN3O/c1-9-11(8-18-20(9)15(2,3)4)14(21)19-13-6-5-10(17)7-12(13)16/h5-8H,1-4H3,(H,19,21). The van der Waals surface area contributed by atoms with Crippen molar-refractivity contribution in [2.75, 3.05) is 5.32 Å². The Morgan fingerprint density at radius 1 is 1.38 bits per heavy atom. The van der Waals surface area contributed by atoms with Crippen LogP contribution in [0.15, 0.2) is 24.4 Å². The molecule has 6 heteroatoms. The summed E-state index contributed by atoms with van der Waals surface area (Å²) < 4.78 is 14.8. The first-order valence-corrected chi connectivity index (χ1v) is 6.89. The summed E-state index contributed by atoms with van der Waals surface area (Å²) in [6.07, 6.45) is 1.52. The maximum atomic E-state index is 13.0. The molecule has 0 bridgehead atoms. The molecule has 1 amide bonds. The number of hydrogen-bond donors (Lipinski definition) is 1. The third kappa shape index (κ3) is 3.24. The van der Waals surface area contributed by atoms with E-state index in [1.807, 2.05) is 27.7 Å². The smallest absolute Gasteiger partial charge is 0.259 e. The van der Waals surface area contributed by atoms with Gasteiger partial charge in [-0.15, -0.1) is 0 Å². The molecule has 0 atom stereocenters. The number of halogens is 2. The lowest BCUT2D eigenvalue weighted by molar-refractivity contribution is 0.102. The summed E-state index contributed by atoms with van der Waals surface area (Å²) in [4.78, 5) is 12.3. The van der Waals surface area contributed by atoms with Crippen LogP contribution in [0.1, 0.15) is 36.8 Å². The Morgan fingerprint density at radius 2 is 2.05 bits per heavy atom. The molecule has 4 nitrogen and oxygen atoms in total. The van der Waals surface area contributed by atoms with Gasteiger partial charge in [-0.25, -0.2) is 4.39 Å². The predicted molar refractivity (Wildman–Crippen MR) is 81.3 cm³/mol. The Balaban J connectivity index is 2.27. The average molecular weight is 310 g/mol. The number of benzene rings is 1. The second-order valence-electron chi connectivity index (χ2n) is 5.80. The number of hydrogen-bond acceptors (Lipinski definition) is 2. The van der Waals surface area contributed by atoms with Gasteiger partial charge in [0.15, 0.2) is 0 Å². The summed E-state index contributed by atoms with van der Waals surface area (Å²) in [5, 5.41) is 7.07. The summed E-state index contributed by atoms with van der Waals surface area (Å²) in [5.74, 6) is -0.772. The molecule has 0 spiro atoms. The van der Waals surface area contributed by atoms with Gasteiger partial charge in [0.25, 0.3) is 5.91 Å². The van der Waals surface area contributed by atoms with E-state index in [4.69, 9.17) is 11.6 Å². The Bertz CT molecular complexity index is 689. The second-order valence-corrected chi connectivity index (χ2v) is 6.21. The number of aromatic nitrogens is 2. The molecule has 0 saturated heterocycles. The molecule has 1 aromatic carbocycles. The van der Waals surface area contributed by atoms with Crippen molar-refractivity contribution in [3.05, 3.63) is 46.5 Å². The molecule has 21 heavy (non-hydrogen) atoms. The maximum absolute atomic E-state index is 13.0.